The Morgan fingerprint density at radius 2 is 1.50 bits per heavy atom. The van der Waals surface area contributed by atoms with Gasteiger partial charge in [-0.25, -0.2) is 0 Å². The van der Waals surface area contributed by atoms with E-state index in [2.05, 4.69) is 7.05 Å². The van der Waals surface area contributed by atoms with Gasteiger partial charge in [0, 0.05) is 32.0 Å². The Bertz CT molecular complexity index is 516. The van der Waals surface area contributed by atoms with Crippen LogP contribution in [0.3, 0.4) is 0 Å². The van der Waals surface area contributed by atoms with E-state index in [0.717, 1.165) is 35.6 Å². The molecule has 0 radical (unpaired) electrons. The van der Waals surface area contributed by atoms with E-state index in [1.807, 2.05) is 14.2 Å². The van der Waals surface area contributed by atoms with Crippen molar-refractivity contribution in [1.29, 1.82) is 0 Å². The zero-order chi connectivity index (χ0) is 17.8. The SMILES string of the molecule is COC1CC2C[NH+](C)C3C4CC5OCOC5CC4CCC3C2CC1OC. The lowest BCUT2D eigenvalue weighted by Crippen LogP contribution is -3.17. The molecule has 11 unspecified atom stereocenters. The zero-order valence-electron chi connectivity index (χ0n) is 16.6. The lowest BCUT2D eigenvalue weighted by molar-refractivity contribution is -0.928. The van der Waals surface area contributed by atoms with Gasteiger partial charge < -0.3 is 23.8 Å². The molecule has 0 aromatic heterocycles. The molecule has 0 aromatic rings. The Labute approximate surface area is 157 Å². The van der Waals surface area contributed by atoms with Crippen molar-refractivity contribution in [1.82, 2.24) is 0 Å². The molecule has 5 nitrogen and oxygen atoms in total. The Kier molecular flexibility index (Phi) is 4.81. The minimum absolute atomic E-state index is 0.278. The van der Waals surface area contributed by atoms with Crippen LogP contribution in [-0.2, 0) is 18.9 Å². The van der Waals surface area contributed by atoms with Crippen LogP contribution in [0, 0.1) is 29.6 Å². The van der Waals surface area contributed by atoms with E-state index in [1.54, 1.807) is 4.90 Å². The first-order chi connectivity index (χ1) is 12.7. The van der Waals surface area contributed by atoms with Gasteiger partial charge in [-0.3, -0.25) is 0 Å². The quantitative estimate of drug-likeness (QED) is 0.795. The summed E-state index contributed by atoms with van der Waals surface area (Å²) in [7, 11) is 6.18. The highest BCUT2D eigenvalue weighted by Crippen LogP contribution is 2.51. The summed E-state index contributed by atoms with van der Waals surface area (Å²) in [5, 5.41) is 0. The predicted molar refractivity (Wildman–Crippen MR) is 96.9 cm³/mol. The van der Waals surface area contributed by atoms with Gasteiger partial charge in [-0.2, -0.15) is 0 Å². The number of fused-ring (bicyclic) bond motifs is 6. The van der Waals surface area contributed by atoms with E-state index >= 15 is 0 Å². The molecule has 26 heavy (non-hydrogen) atoms. The van der Waals surface area contributed by atoms with Crippen molar-refractivity contribution in [2.24, 2.45) is 29.6 Å². The topological polar surface area (TPSA) is 41.4 Å². The van der Waals surface area contributed by atoms with Gasteiger partial charge in [-0.1, -0.05) is 0 Å². The fourth-order valence-corrected chi connectivity index (χ4v) is 7.73. The minimum Gasteiger partial charge on any atom is -0.379 e. The average Bonchev–Trinajstić information content (AvgIpc) is 3.12. The number of hydrogen-bond donors (Lipinski definition) is 1. The van der Waals surface area contributed by atoms with Gasteiger partial charge >= 0.3 is 0 Å². The number of rotatable bonds is 2. The van der Waals surface area contributed by atoms with Gasteiger partial charge in [0.05, 0.1) is 44.1 Å². The Morgan fingerprint density at radius 1 is 0.769 bits per heavy atom. The Morgan fingerprint density at radius 3 is 2.27 bits per heavy atom. The molecule has 3 saturated carbocycles. The molecule has 2 saturated heterocycles. The summed E-state index contributed by atoms with van der Waals surface area (Å²) in [6.07, 6.45) is 8.90. The largest absolute Gasteiger partial charge is 0.379 e. The third-order valence-corrected chi connectivity index (χ3v) is 8.79. The van der Waals surface area contributed by atoms with E-state index in [1.165, 1.54) is 45.1 Å². The zero-order valence-corrected chi connectivity index (χ0v) is 16.6. The highest BCUT2D eigenvalue weighted by Gasteiger charge is 2.57. The van der Waals surface area contributed by atoms with Crippen molar-refractivity contribution in [3.63, 3.8) is 0 Å². The molecule has 2 heterocycles. The van der Waals surface area contributed by atoms with Gasteiger partial charge in [0.15, 0.2) is 0 Å². The molecule has 5 heteroatoms. The van der Waals surface area contributed by atoms with Crippen LogP contribution in [0.4, 0.5) is 0 Å². The molecule has 5 rings (SSSR count). The van der Waals surface area contributed by atoms with Crippen molar-refractivity contribution in [2.45, 2.75) is 69.0 Å². The predicted octanol–water partition coefficient (Wildman–Crippen LogP) is 1.12. The molecule has 5 aliphatic rings. The van der Waals surface area contributed by atoms with E-state index in [-0.39, 0.29) is 12.2 Å². The second-order valence-electron chi connectivity index (χ2n) is 9.68. The molecule has 0 bridgehead atoms. The molecule has 3 aliphatic carbocycles. The van der Waals surface area contributed by atoms with Gasteiger partial charge in [-0.05, 0) is 50.4 Å². The van der Waals surface area contributed by atoms with Gasteiger partial charge in [-0.15, -0.1) is 0 Å². The molecular weight excluding hydrogens is 330 g/mol. The van der Waals surface area contributed by atoms with E-state index in [4.69, 9.17) is 18.9 Å². The summed E-state index contributed by atoms with van der Waals surface area (Å²) in [5.41, 5.74) is 0. The normalized spacial score (nSPS) is 56.2. The van der Waals surface area contributed by atoms with Crippen LogP contribution in [0.15, 0.2) is 0 Å². The first-order valence-electron chi connectivity index (χ1n) is 10.8. The highest BCUT2D eigenvalue weighted by molar-refractivity contribution is 5.02. The number of hydrogen-bond acceptors (Lipinski definition) is 4. The molecule has 0 amide bonds. The fourth-order valence-electron chi connectivity index (χ4n) is 7.73. The standard InChI is InChI=1S/C21H35NO4/c1-22-10-13-7-17(23-2)18(24-3)8-15(13)14-5-4-12-6-19-20(26-11-25-19)9-16(12)21(14)22/h12-21H,4-11H2,1-3H3/p+1. The summed E-state index contributed by atoms with van der Waals surface area (Å²) in [5.74, 6) is 4.13. The first kappa shape index (κ1) is 17.9. The van der Waals surface area contributed by atoms with Crippen LogP contribution >= 0.6 is 0 Å². The monoisotopic (exact) mass is 366 g/mol. The minimum atomic E-state index is 0.278. The molecule has 148 valence electrons. The second kappa shape index (κ2) is 7.00. The molecule has 11 atom stereocenters. The first-order valence-corrected chi connectivity index (χ1v) is 10.8. The molecule has 2 aliphatic heterocycles. The van der Waals surface area contributed by atoms with Gasteiger partial charge in [0.1, 0.15) is 6.79 Å². The number of piperidine rings is 1. The van der Waals surface area contributed by atoms with Crippen molar-refractivity contribution >= 4 is 0 Å². The van der Waals surface area contributed by atoms with Crippen LogP contribution < -0.4 is 4.90 Å². The maximum atomic E-state index is 5.92. The van der Waals surface area contributed by atoms with E-state index in [0.29, 0.717) is 19.0 Å². The highest BCUT2D eigenvalue weighted by atomic mass is 16.7. The van der Waals surface area contributed by atoms with E-state index < -0.39 is 0 Å². The molecule has 5 fully saturated rings. The Balaban J connectivity index is 1.37. The fraction of sp³-hybridized carbons (Fsp3) is 1.00. The van der Waals surface area contributed by atoms with E-state index in [9.17, 15) is 0 Å². The molecule has 0 aromatic carbocycles. The van der Waals surface area contributed by atoms with Crippen LogP contribution in [0.1, 0.15) is 38.5 Å². The molecule has 0 spiro atoms. The second-order valence-corrected chi connectivity index (χ2v) is 9.68. The third-order valence-electron chi connectivity index (χ3n) is 8.79. The summed E-state index contributed by atoms with van der Waals surface area (Å²) in [6.45, 7) is 1.82. The van der Waals surface area contributed by atoms with Crippen molar-refractivity contribution in [3.05, 3.63) is 0 Å². The maximum Gasteiger partial charge on any atom is 0.147 e. The number of nitrogens with one attached hydrogen (secondary N) is 1. The van der Waals surface area contributed by atoms with Crippen LogP contribution in [-0.4, -0.2) is 65.1 Å². The summed E-state index contributed by atoms with van der Waals surface area (Å²) in [6, 6.07) is 0.803. The van der Waals surface area contributed by atoms with Gasteiger partial charge in [0.2, 0.25) is 0 Å². The lowest BCUT2D eigenvalue weighted by atomic mass is 9.55. The number of likely N-dealkylation sites (tertiary alicyclic amines) is 1. The third kappa shape index (κ3) is 2.77. The molecular formula is C21H36NO4+. The summed E-state index contributed by atoms with van der Waals surface area (Å²) < 4.78 is 23.4. The molecule has 1 N–H and O–H groups in total. The average molecular weight is 367 g/mol. The smallest absolute Gasteiger partial charge is 0.147 e. The van der Waals surface area contributed by atoms with Crippen molar-refractivity contribution in [3.8, 4) is 0 Å². The summed E-state index contributed by atoms with van der Waals surface area (Å²) in [4.78, 5) is 1.77. The number of methoxy groups -OCH3 is 2. The van der Waals surface area contributed by atoms with Crippen LogP contribution in [0.2, 0.25) is 0 Å². The van der Waals surface area contributed by atoms with Crippen LogP contribution in [0.25, 0.3) is 0 Å². The van der Waals surface area contributed by atoms with Crippen molar-refractivity contribution < 1.29 is 23.8 Å². The lowest BCUT2D eigenvalue weighted by Gasteiger charge is -2.57. The number of ether oxygens (including phenoxy) is 4. The van der Waals surface area contributed by atoms with Gasteiger partial charge in [0.25, 0.3) is 0 Å². The number of quaternary nitrogens is 1. The van der Waals surface area contributed by atoms with Crippen molar-refractivity contribution in [2.75, 3.05) is 34.6 Å². The summed E-state index contributed by atoms with van der Waals surface area (Å²) >= 11 is 0. The maximum absolute atomic E-state index is 5.92. The Hall–Kier alpha value is -0.200. The van der Waals surface area contributed by atoms with Crippen LogP contribution in [0.5, 0.6) is 0 Å².